The van der Waals surface area contributed by atoms with Crippen molar-refractivity contribution in [2.45, 2.75) is 46.5 Å². The van der Waals surface area contributed by atoms with Gasteiger partial charge in [0.25, 0.3) is 0 Å². The van der Waals surface area contributed by atoms with Gasteiger partial charge in [0.1, 0.15) is 5.75 Å². The van der Waals surface area contributed by atoms with Crippen LogP contribution >= 0.6 is 0 Å². The molecule has 0 heterocycles. The van der Waals surface area contributed by atoms with Gasteiger partial charge in [-0.05, 0) is 69.7 Å². The Kier molecular flexibility index (Phi) is 6.23. The summed E-state index contributed by atoms with van der Waals surface area (Å²) >= 11 is 0. The molecule has 124 valence electrons. The van der Waals surface area contributed by atoms with E-state index in [9.17, 15) is 0 Å². The Balaban J connectivity index is 1.88. The van der Waals surface area contributed by atoms with E-state index in [1.54, 1.807) is 0 Å². The molecule has 0 spiro atoms. The van der Waals surface area contributed by atoms with Crippen LogP contribution in [0.2, 0.25) is 0 Å². The number of hydrogen-bond acceptors (Lipinski definition) is 2. The van der Waals surface area contributed by atoms with Crippen molar-refractivity contribution in [2.75, 3.05) is 13.2 Å². The fraction of sp³-hybridized carbons (Fsp3) is 0.429. The molecule has 0 bridgehead atoms. The molecule has 2 nitrogen and oxygen atoms in total. The van der Waals surface area contributed by atoms with E-state index in [1.165, 1.54) is 27.8 Å². The van der Waals surface area contributed by atoms with Crippen molar-refractivity contribution in [1.82, 2.24) is 0 Å². The highest BCUT2D eigenvalue weighted by atomic mass is 16.5. The third kappa shape index (κ3) is 4.84. The first-order valence-corrected chi connectivity index (χ1v) is 8.48. The van der Waals surface area contributed by atoms with Crippen LogP contribution < -0.4 is 10.5 Å². The molecule has 2 rings (SSSR count). The van der Waals surface area contributed by atoms with Gasteiger partial charge in [0.15, 0.2) is 0 Å². The van der Waals surface area contributed by atoms with Crippen LogP contribution in [0.15, 0.2) is 36.4 Å². The van der Waals surface area contributed by atoms with Crippen molar-refractivity contribution in [3.8, 4) is 5.75 Å². The molecule has 0 radical (unpaired) electrons. The summed E-state index contributed by atoms with van der Waals surface area (Å²) in [6.45, 7) is 9.89. The molecule has 1 unspecified atom stereocenters. The van der Waals surface area contributed by atoms with Gasteiger partial charge in [0.2, 0.25) is 0 Å². The molecule has 0 aliphatic carbocycles. The summed E-state index contributed by atoms with van der Waals surface area (Å²) in [5.74, 6) is 1.45. The Bertz CT molecular complexity index is 608. The quantitative estimate of drug-likeness (QED) is 0.744. The van der Waals surface area contributed by atoms with E-state index in [-0.39, 0.29) is 0 Å². The van der Waals surface area contributed by atoms with E-state index in [1.807, 2.05) is 0 Å². The lowest BCUT2D eigenvalue weighted by molar-refractivity contribution is 0.298. The second kappa shape index (κ2) is 8.16. The van der Waals surface area contributed by atoms with Crippen molar-refractivity contribution >= 4 is 0 Å². The van der Waals surface area contributed by atoms with Gasteiger partial charge in [0.05, 0.1) is 6.61 Å². The van der Waals surface area contributed by atoms with Crippen LogP contribution in [0.1, 0.15) is 46.6 Å². The highest BCUT2D eigenvalue weighted by Crippen LogP contribution is 2.26. The first kappa shape index (κ1) is 17.6. The van der Waals surface area contributed by atoms with Crippen molar-refractivity contribution in [3.63, 3.8) is 0 Å². The van der Waals surface area contributed by atoms with E-state index in [2.05, 4.69) is 64.1 Å². The van der Waals surface area contributed by atoms with Gasteiger partial charge >= 0.3 is 0 Å². The van der Waals surface area contributed by atoms with E-state index in [0.29, 0.717) is 12.5 Å². The fourth-order valence-electron chi connectivity index (χ4n) is 3.16. The van der Waals surface area contributed by atoms with Gasteiger partial charge in [-0.1, -0.05) is 47.5 Å². The number of benzene rings is 2. The predicted octanol–water partition coefficient (Wildman–Crippen LogP) is 4.82. The lowest BCUT2D eigenvalue weighted by atomic mass is 9.94. The molecule has 0 saturated heterocycles. The highest BCUT2D eigenvalue weighted by molar-refractivity contribution is 5.42. The molecule has 2 heteroatoms. The van der Waals surface area contributed by atoms with Crippen LogP contribution in [0, 0.1) is 27.7 Å². The maximum atomic E-state index is 6.03. The smallest absolute Gasteiger partial charge is 0.125 e. The summed E-state index contributed by atoms with van der Waals surface area (Å²) in [6, 6.07) is 13.1. The van der Waals surface area contributed by atoms with Crippen LogP contribution in [-0.2, 0) is 0 Å². The van der Waals surface area contributed by atoms with Gasteiger partial charge < -0.3 is 10.5 Å². The molecule has 0 saturated carbocycles. The normalized spacial score (nSPS) is 12.2. The van der Waals surface area contributed by atoms with Crippen LogP contribution in [0.5, 0.6) is 5.75 Å². The molecule has 0 aliphatic heterocycles. The maximum absolute atomic E-state index is 6.03. The third-order valence-corrected chi connectivity index (χ3v) is 4.38. The lowest BCUT2D eigenvalue weighted by Crippen LogP contribution is -2.14. The maximum Gasteiger partial charge on any atom is 0.125 e. The largest absolute Gasteiger partial charge is 0.493 e. The summed E-state index contributed by atoms with van der Waals surface area (Å²) in [5.41, 5.74) is 12.3. The van der Waals surface area contributed by atoms with E-state index < -0.39 is 0 Å². The van der Waals surface area contributed by atoms with Crippen molar-refractivity contribution in [2.24, 2.45) is 5.73 Å². The van der Waals surface area contributed by atoms with Crippen molar-refractivity contribution < 1.29 is 4.74 Å². The lowest BCUT2D eigenvalue weighted by Gasteiger charge is -2.17. The molecule has 0 fully saturated rings. The summed E-state index contributed by atoms with van der Waals surface area (Å²) in [7, 11) is 0. The van der Waals surface area contributed by atoms with Gasteiger partial charge in [0, 0.05) is 0 Å². The zero-order chi connectivity index (χ0) is 16.8. The number of hydrogen-bond donors (Lipinski definition) is 1. The molecule has 0 aliphatic rings. The number of ether oxygens (including phenoxy) is 1. The van der Waals surface area contributed by atoms with E-state index >= 15 is 0 Å². The standard InChI is InChI=1S/C21H29NO/c1-15-7-9-19(10-8-15)20(14-22)6-5-11-23-21-17(3)12-16(2)13-18(21)4/h7-10,12-13,20H,5-6,11,14,22H2,1-4H3. The van der Waals surface area contributed by atoms with Crippen LogP contribution in [0.25, 0.3) is 0 Å². The molecule has 2 aromatic carbocycles. The average molecular weight is 311 g/mol. The molecule has 0 aromatic heterocycles. The first-order valence-electron chi connectivity index (χ1n) is 8.48. The minimum Gasteiger partial charge on any atom is -0.493 e. The minimum atomic E-state index is 0.416. The second-order valence-electron chi connectivity index (χ2n) is 6.56. The average Bonchev–Trinajstić information content (AvgIpc) is 2.50. The Morgan fingerprint density at radius 2 is 1.52 bits per heavy atom. The molecule has 1 atom stereocenters. The summed E-state index contributed by atoms with van der Waals surface area (Å²) < 4.78 is 6.03. The fourth-order valence-corrected chi connectivity index (χ4v) is 3.16. The van der Waals surface area contributed by atoms with Gasteiger partial charge in [-0.25, -0.2) is 0 Å². The summed E-state index contributed by atoms with van der Waals surface area (Å²) in [4.78, 5) is 0. The molecule has 0 amide bonds. The van der Waals surface area contributed by atoms with Crippen molar-refractivity contribution in [1.29, 1.82) is 0 Å². The van der Waals surface area contributed by atoms with Crippen LogP contribution in [0.3, 0.4) is 0 Å². The number of nitrogens with two attached hydrogens (primary N) is 1. The van der Waals surface area contributed by atoms with E-state index in [4.69, 9.17) is 10.5 Å². The van der Waals surface area contributed by atoms with Crippen molar-refractivity contribution in [3.05, 3.63) is 64.2 Å². The van der Waals surface area contributed by atoms with Crippen LogP contribution in [0.4, 0.5) is 0 Å². The minimum absolute atomic E-state index is 0.416. The molecule has 2 N–H and O–H groups in total. The molecular weight excluding hydrogens is 282 g/mol. The Morgan fingerprint density at radius 1 is 0.913 bits per heavy atom. The van der Waals surface area contributed by atoms with Gasteiger partial charge in [-0.3, -0.25) is 0 Å². The Labute approximate surface area is 140 Å². The second-order valence-corrected chi connectivity index (χ2v) is 6.56. The number of aryl methyl sites for hydroxylation is 4. The number of rotatable bonds is 7. The Morgan fingerprint density at radius 3 is 2.09 bits per heavy atom. The van der Waals surface area contributed by atoms with E-state index in [0.717, 1.165) is 25.2 Å². The third-order valence-electron chi connectivity index (χ3n) is 4.38. The zero-order valence-corrected chi connectivity index (χ0v) is 14.9. The Hall–Kier alpha value is -1.80. The molecular formula is C21H29NO. The highest BCUT2D eigenvalue weighted by Gasteiger charge is 2.10. The predicted molar refractivity (Wildman–Crippen MR) is 98.4 cm³/mol. The molecule has 2 aromatic rings. The molecule has 23 heavy (non-hydrogen) atoms. The topological polar surface area (TPSA) is 35.2 Å². The summed E-state index contributed by atoms with van der Waals surface area (Å²) in [6.07, 6.45) is 2.08. The first-order chi connectivity index (χ1) is 11.0. The SMILES string of the molecule is Cc1ccc(C(CN)CCCOc2c(C)cc(C)cc2C)cc1. The van der Waals surface area contributed by atoms with Gasteiger partial charge in [-0.2, -0.15) is 0 Å². The zero-order valence-electron chi connectivity index (χ0n) is 14.9. The monoisotopic (exact) mass is 311 g/mol. The van der Waals surface area contributed by atoms with Gasteiger partial charge in [-0.15, -0.1) is 0 Å². The summed E-state index contributed by atoms with van der Waals surface area (Å²) in [5, 5.41) is 0. The van der Waals surface area contributed by atoms with Crippen LogP contribution in [-0.4, -0.2) is 13.2 Å².